The molecule has 2 aromatic carbocycles. The fourth-order valence-corrected chi connectivity index (χ4v) is 2.47. The Morgan fingerprint density at radius 1 is 1.12 bits per heavy atom. The van der Waals surface area contributed by atoms with E-state index in [2.05, 4.69) is 13.2 Å². The minimum absolute atomic E-state index is 0.641. The number of hydrogen-bond acceptors (Lipinski definition) is 2. The van der Waals surface area contributed by atoms with Crippen LogP contribution in [-0.4, -0.2) is 5.71 Å². The minimum Gasteiger partial charge on any atom is -0.397 e. The summed E-state index contributed by atoms with van der Waals surface area (Å²) in [7, 11) is 0. The molecule has 0 radical (unpaired) electrons. The van der Waals surface area contributed by atoms with Crippen molar-refractivity contribution in [2.75, 3.05) is 5.73 Å². The molecule has 0 aliphatic heterocycles. The van der Waals surface area contributed by atoms with Crippen LogP contribution in [-0.2, 0) is 0 Å². The van der Waals surface area contributed by atoms with Crippen LogP contribution in [0.25, 0.3) is 5.57 Å². The monoisotopic (exact) mass is 328 g/mol. The second-order valence-corrected chi connectivity index (χ2v) is 5.72. The third-order valence-electron chi connectivity index (χ3n) is 3.74. The molecule has 126 valence electrons. The lowest BCUT2D eigenvalue weighted by molar-refractivity contribution is 1.42. The number of nitrogens with zero attached hydrogens (tertiary/aromatic N) is 1. The summed E-state index contributed by atoms with van der Waals surface area (Å²) in [5.74, 6) is 0. The van der Waals surface area contributed by atoms with E-state index in [0.29, 0.717) is 5.69 Å². The zero-order valence-electron chi connectivity index (χ0n) is 14.9. The van der Waals surface area contributed by atoms with Crippen molar-refractivity contribution in [1.29, 1.82) is 0 Å². The molecule has 0 heterocycles. The number of benzene rings is 2. The lowest BCUT2D eigenvalue weighted by Gasteiger charge is -2.13. The summed E-state index contributed by atoms with van der Waals surface area (Å²) in [5, 5.41) is 0. The third kappa shape index (κ3) is 4.67. The Labute approximate surface area is 150 Å². The molecule has 0 fully saturated rings. The van der Waals surface area contributed by atoms with E-state index in [1.165, 1.54) is 0 Å². The molecule has 2 N–H and O–H groups in total. The van der Waals surface area contributed by atoms with Gasteiger partial charge < -0.3 is 5.73 Å². The van der Waals surface area contributed by atoms with Crippen LogP contribution in [0.15, 0.2) is 96.6 Å². The molecule has 0 aromatic heterocycles. The van der Waals surface area contributed by atoms with Gasteiger partial charge in [0.2, 0.25) is 0 Å². The average Bonchev–Trinajstić information content (AvgIpc) is 2.62. The number of nitrogen functional groups attached to an aromatic ring is 1. The topological polar surface area (TPSA) is 38.4 Å². The maximum atomic E-state index is 6.13. The van der Waals surface area contributed by atoms with E-state index in [-0.39, 0.29) is 0 Å². The Bertz CT molecular complexity index is 853. The molecule has 0 aliphatic rings. The summed E-state index contributed by atoms with van der Waals surface area (Å²) in [6, 6.07) is 15.9. The maximum absolute atomic E-state index is 6.13. The lowest BCUT2D eigenvalue weighted by Crippen LogP contribution is -2.04. The summed E-state index contributed by atoms with van der Waals surface area (Å²) in [5.41, 5.74) is 12.2. The number of rotatable bonds is 6. The van der Waals surface area contributed by atoms with Gasteiger partial charge >= 0.3 is 0 Å². The molecule has 0 saturated carbocycles. The van der Waals surface area contributed by atoms with Crippen molar-refractivity contribution >= 4 is 22.7 Å². The quantitative estimate of drug-likeness (QED) is 0.391. The highest BCUT2D eigenvalue weighted by molar-refractivity contribution is 6.33. The summed E-state index contributed by atoms with van der Waals surface area (Å²) >= 11 is 0. The summed E-state index contributed by atoms with van der Waals surface area (Å²) in [6.07, 6.45) is 7.66. The Kier molecular flexibility index (Phi) is 6.30. The molecule has 0 aliphatic carbocycles. The Balaban J connectivity index is 2.65. The summed E-state index contributed by atoms with van der Waals surface area (Å²) < 4.78 is 0. The third-order valence-corrected chi connectivity index (χ3v) is 3.74. The second-order valence-electron chi connectivity index (χ2n) is 5.72. The SMILES string of the molecule is C=C/C=C(\C=C/C)C(=Nc1cc(C)ccc1N)C(=C)c1ccccc1. The van der Waals surface area contributed by atoms with E-state index in [1.54, 1.807) is 6.08 Å². The molecule has 0 bridgehead atoms. The first-order valence-electron chi connectivity index (χ1n) is 8.22. The van der Waals surface area contributed by atoms with Crippen LogP contribution in [0.3, 0.4) is 0 Å². The van der Waals surface area contributed by atoms with Gasteiger partial charge in [-0.25, -0.2) is 4.99 Å². The standard InChI is InChI=1S/C23H24N2/c1-5-10-20(11-6-2)23(18(4)19-12-8-7-9-13-19)25-22-16-17(3)14-15-21(22)24/h5-16H,1,4,24H2,2-3H3/b11-6-,20-10+,25-23?. The van der Waals surface area contributed by atoms with Crippen LogP contribution in [0.1, 0.15) is 18.1 Å². The van der Waals surface area contributed by atoms with Crippen LogP contribution in [0.4, 0.5) is 11.4 Å². The fourth-order valence-electron chi connectivity index (χ4n) is 2.47. The van der Waals surface area contributed by atoms with E-state index in [1.807, 2.05) is 80.6 Å². The fraction of sp³-hybridized carbons (Fsp3) is 0.0870. The Morgan fingerprint density at radius 2 is 1.84 bits per heavy atom. The molecule has 2 rings (SSSR count). The van der Waals surface area contributed by atoms with Crippen molar-refractivity contribution in [3.8, 4) is 0 Å². The van der Waals surface area contributed by atoms with Gasteiger partial charge in [0.1, 0.15) is 0 Å². The van der Waals surface area contributed by atoms with Gasteiger partial charge in [0.05, 0.1) is 17.1 Å². The van der Waals surface area contributed by atoms with E-state index in [0.717, 1.165) is 33.7 Å². The van der Waals surface area contributed by atoms with E-state index < -0.39 is 0 Å². The first-order chi connectivity index (χ1) is 12.1. The molecule has 0 atom stereocenters. The first-order valence-corrected chi connectivity index (χ1v) is 8.22. The number of aryl methyl sites for hydroxylation is 1. The molecule has 25 heavy (non-hydrogen) atoms. The molecular weight excluding hydrogens is 304 g/mol. The van der Waals surface area contributed by atoms with Gasteiger partial charge in [-0.1, -0.05) is 73.9 Å². The Morgan fingerprint density at radius 3 is 2.48 bits per heavy atom. The molecule has 0 amide bonds. The zero-order chi connectivity index (χ0) is 18.2. The van der Waals surface area contributed by atoms with E-state index in [9.17, 15) is 0 Å². The molecular formula is C23H24N2. The van der Waals surface area contributed by atoms with E-state index >= 15 is 0 Å². The predicted octanol–water partition coefficient (Wildman–Crippen LogP) is 6.05. The largest absolute Gasteiger partial charge is 0.397 e. The number of aliphatic imine (C=N–C) groups is 1. The average molecular weight is 328 g/mol. The highest BCUT2D eigenvalue weighted by Gasteiger charge is 2.12. The van der Waals surface area contributed by atoms with Gasteiger partial charge in [-0.05, 0) is 37.1 Å². The van der Waals surface area contributed by atoms with E-state index in [4.69, 9.17) is 10.7 Å². The molecule has 2 nitrogen and oxygen atoms in total. The lowest BCUT2D eigenvalue weighted by atomic mass is 9.96. The van der Waals surface area contributed by atoms with Gasteiger partial charge in [0.15, 0.2) is 0 Å². The summed E-state index contributed by atoms with van der Waals surface area (Å²) in [6.45, 7) is 12.1. The number of hydrogen-bond donors (Lipinski definition) is 1. The van der Waals surface area contributed by atoms with Gasteiger partial charge in [0, 0.05) is 11.1 Å². The van der Waals surface area contributed by atoms with Crippen molar-refractivity contribution in [2.45, 2.75) is 13.8 Å². The second kappa shape index (κ2) is 8.65. The smallest absolute Gasteiger partial charge is 0.0869 e. The number of anilines is 1. The molecule has 0 saturated heterocycles. The van der Waals surface area contributed by atoms with Crippen LogP contribution >= 0.6 is 0 Å². The normalized spacial score (nSPS) is 12.4. The maximum Gasteiger partial charge on any atom is 0.0869 e. The van der Waals surface area contributed by atoms with Gasteiger partial charge in [-0.3, -0.25) is 0 Å². The van der Waals surface area contributed by atoms with Crippen LogP contribution in [0, 0.1) is 6.92 Å². The predicted molar refractivity (Wildman–Crippen MR) is 111 cm³/mol. The number of nitrogens with two attached hydrogens (primary N) is 1. The molecule has 0 unspecified atom stereocenters. The van der Waals surface area contributed by atoms with Crippen molar-refractivity contribution in [3.05, 3.63) is 103 Å². The molecule has 2 heteroatoms. The summed E-state index contributed by atoms with van der Waals surface area (Å²) in [4.78, 5) is 4.86. The minimum atomic E-state index is 0.641. The van der Waals surface area contributed by atoms with Crippen LogP contribution in [0.2, 0.25) is 0 Å². The highest BCUT2D eigenvalue weighted by atomic mass is 14.8. The number of allylic oxidation sites excluding steroid dienone is 6. The first kappa shape index (κ1) is 18.2. The van der Waals surface area contributed by atoms with Crippen molar-refractivity contribution in [3.63, 3.8) is 0 Å². The van der Waals surface area contributed by atoms with Gasteiger partial charge in [-0.2, -0.15) is 0 Å². The molecule has 0 spiro atoms. The van der Waals surface area contributed by atoms with Gasteiger partial charge in [0.25, 0.3) is 0 Å². The van der Waals surface area contributed by atoms with Crippen LogP contribution in [0.5, 0.6) is 0 Å². The zero-order valence-corrected chi connectivity index (χ0v) is 14.9. The molecule has 2 aromatic rings. The van der Waals surface area contributed by atoms with Gasteiger partial charge in [-0.15, -0.1) is 0 Å². The Hall–Kier alpha value is -3.13. The van der Waals surface area contributed by atoms with Crippen molar-refractivity contribution < 1.29 is 0 Å². The van der Waals surface area contributed by atoms with Crippen molar-refractivity contribution in [2.24, 2.45) is 4.99 Å². The van der Waals surface area contributed by atoms with Crippen LogP contribution < -0.4 is 5.73 Å². The highest BCUT2D eigenvalue weighted by Crippen LogP contribution is 2.28. The van der Waals surface area contributed by atoms with Crippen molar-refractivity contribution in [1.82, 2.24) is 0 Å².